The molecular formula is C14H15F4NO5. The molecule has 134 valence electrons. The Morgan fingerprint density at radius 2 is 1.92 bits per heavy atom. The van der Waals surface area contributed by atoms with Crippen molar-refractivity contribution >= 4 is 17.6 Å². The number of carbonyl (C=O) groups is 2. The van der Waals surface area contributed by atoms with Gasteiger partial charge in [-0.1, -0.05) is 0 Å². The number of hydrogen-bond donors (Lipinski definition) is 3. The zero-order valence-corrected chi connectivity index (χ0v) is 12.6. The number of nitrogens with one attached hydrogen (secondary N) is 1. The third-order valence-corrected chi connectivity index (χ3v) is 3.01. The van der Waals surface area contributed by atoms with Crippen LogP contribution in [-0.4, -0.2) is 46.6 Å². The summed E-state index contributed by atoms with van der Waals surface area (Å²) >= 11 is 0. The number of rotatable bonds is 5. The fourth-order valence-electron chi connectivity index (χ4n) is 1.42. The molecule has 0 aliphatic rings. The Morgan fingerprint density at radius 1 is 1.33 bits per heavy atom. The van der Waals surface area contributed by atoms with E-state index in [1.807, 2.05) is 0 Å². The topological polar surface area (TPSA) is 95.9 Å². The molecule has 0 fully saturated rings. The van der Waals surface area contributed by atoms with Crippen LogP contribution in [0.4, 0.5) is 23.2 Å². The first-order valence-corrected chi connectivity index (χ1v) is 6.62. The molecule has 0 aromatic heterocycles. The molecule has 2 atom stereocenters. The zero-order valence-electron chi connectivity index (χ0n) is 12.6. The lowest BCUT2D eigenvalue weighted by Gasteiger charge is -2.24. The number of esters is 1. The summed E-state index contributed by atoms with van der Waals surface area (Å²) < 4.78 is 56.1. The first-order chi connectivity index (χ1) is 10.9. The number of amides is 1. The Kier molecular flexibility index (Phi) is 5.90. The van der Waals surface area contributed by atoms with E-state index < -0.39 is 53.4 Å². The van der Waals surface area contributed by atoms with Crippen molar-refractivity contribution in [2.24, 2.45) is 0 Å². The van der Waals surface area contributed by atoms with E-state index in [-0.39, 0.29) is 6.92 Å². The van der Waals surface area contributed by atoms with Gasteiger partial charge in [-0.3, -0.25) is 4.79 Å². The molecule has 0 saturated heterocycles. The summed E-state index contributed by atoms with van der Waals surface area (Å²) in [7, 11) is 0. The number of benzene rings is 1. The fourth-order valence-corrected chi connectivity index (χ4v) is 1.42. The van der Waals surface area contributed by atoms with Crippen LogP contribution in [0.1, 0.15) is 24.2 Å². The Balaban J connectivity index is 2.93. The number of carbonyl (C=O) groups excluding carboxylic acids is 2. The summed E-state index contributed by atoms with van der Waals surface area (Å²) in [6.07, 6.45) is -6.10. The average molecular weight is 353 g/mol. The number of hydrogen-bond acceptors (Lipinski definition) is 5. The van der Waals surface area contributed by atoms with E-state index in [1.54, 1.807) is 5.32 Å². The van der Waals surface area contributed by atoms with Crippen LogP contribution in [0.15, 0.2) is 18.2 Å². The maximum absolute atomic E-state index is 13.8. The molecule has 0 aliphatic heterocycles. The molecular weight excluding hydrogens is 338 g/mol. The summed E-state index contributed by atoms with van der Waals surface area (Å²) in [5, 5.41) is 19.6. The molecule has 2 unspecified atom stereocenters. The molecule has 0 radical (unpaired) electrons. The largest absolute Gasteiger partial charge is 0.457 e. The molecule has 24 heavy (non-hydrogen) atoms. The minimum absolute atomic E-state index is 0.251. The van der Waals surface area contributed by atoms with E-state index in [0.717, 1.165) is 12.1 Å². The zero-order chi connectivity index (χ0) is 18.7. The quantitative estimate of drug-likeness (QED) is 0.552. The molecule has 0 spiro atoms. The van der Waals surface area contributed by atoms with E-state index in [9.17, 15) is 32.3 Å². The van der Waals surface area contributed by atoms with Crippen LogP contribution in [0.3, 0.4) is 0 Å². The minimum Gasteiger partial charge on any atom is -0.457 e. The SMILES string of the molecule is CC(CO)OC(=O)c1ccc(NC(=O)C(C)(O)C(F)(F)F)cc1F. The highest BCUT2D eigenvalue weighted by molar-refractivity contribution is 5.98. The van der Waals surface area contributed by atoms with Crippen molar-refractivity contribution in [3.8, 4) is 0 Å². The van der Waals surface area contributed by atoms with Crippen LogP contribution in [-0.2, 0) is 9.53 Å². The number of halogens is 4. The molecule has 3 N–H and O–H groups in total. The Hall–Kier alpha value is -2.20. The first kappa shape index (κ1) is 19.8. The van der Waals surface area contributed by atoms with Gasteiger partial charge in [-0.2, -0.15) is 13.2 Å². The third kappa shape index (κ3) is 4.42. The van der Waals surface area contributed by atoms with E-state index in [0.29, 0.717) is 6.07 Å². The monoisotopic (exact) mass is 353 g/mol. The lowest BCUT2D eigenvalue weighted by molar-refractivity contribution is -0.242. The number of aliphatic hydroxyl groups excluding tert-OH is 1. The maximum Gasteiger partial charge on any atom is 0.426 e. The normalized spacial score (nSPS) is 15.3. The summed E-state index contributed by atoms with van der Waals surface area (Å²) in [4.78, 5) is 23.1. The van der Waals surface area contributed by atoms with Crippen LogP contribution in [0.2, 0.25) is 0 Å². The van der Waals surface area contributed by atoms with Gasteiger partial charge in [0.1, 0.15) is 11.9 Å². The fraction of sp³-hybridized carbons (Fsp3) is 0.429. The number of alkyl halides is 3. The van der Waals surface area contributed by atoms with Gasteiger partial charge in [-0.15, -0.1) is 0 Å². The van der Waals surface area contributed by atoms with E-state index in [4.69, 9.17) is 5.11 Å². The van der Waals surface area contributed by atoms with Gasteiger partial charge in [0, 0.05) is 5.69 Å². The molecule has 0 saturated carbocycles. The molecule has 1 rings (SSSR count). The van der Waals surface area contributed by atoms with Gasteiger partial charge in [0.05, 0.1) is 12.2 Å². The summed E-state index contributed by atoms with van der Waals surface area (Å²) in [5.41, 5.74) is -4.60. The minimum atomic E-state index is -5.22. The lowest BCUT2D eigenvalue weighted by atomic mass is 10.1. The van der Waals surface area contributed by atoms with Gasteiger partial charge in [-0.25, -0.2) is 9.18 Å². The number of anilines is 1. The van der Waals surface area contributed by atoms with Gasteiger partial charge in [0.15, 0.2) is 0 Å². The molecule has 0 bridgehead atoms. The highest BCUT2D eigenvalue weighted by Gasteiger charge is 2.55. The van der Waals surface area contributed by atoms with E-state index in [2.05, 4.69) is 4.74 Å². The molecule has 1 aromatic rings. The Labute approximate surface area is 134 Å². The third-order valence-electron chi connectivity index (χ3n) is 3.01. The van der Waals surface area contributed by atoms with Crippen molar-refractivity contribution in [3.63, 3.8) is 0 Å². The number of ether oxygens (including phenoxy) is 1. The second kappa shape index (κ2) is 7.14. The van der Waals surface area contributed by atoms with E-state index >= 15 is 0 Å². The smallest absolute Gasteiger partial charge is 0.426 e. The first-order valence-electron chi connectivity index (χ1n) is 6.62. The summed E-state index contributed by atoms with van der Waals surface area (Å²) in [5.74, 6) is -4.05. The van der Waals surface area contributed by atoms with Crippen molar-refractivity contribution in [2.45, 2.75) is 31.7 Å². The van der Waals surface area contributed by atoms with Gasteiger partial charge < -0.3 is 20.3 Å². The predicted molar refractivity (Wildman–Crippen MR) is 73.7 cm³/mol. The molecule has 1 aromatic carbocycles. The summed E-state index contributed by atoms with van der Waals surface area (Å²) in [6, 6.07) is 2.46. The van der Waals surface area contributed by atoms with Crippen LogP contribution < -0.4 is 5.32 Å². The Bertz CT molecular complexity index is 630. The number of aliphatic hydroxyl groups is 2. The van der Waals surface area contributed by atoms with Crippen molar-refractivity contribution < 1.29 is 42.1 Å². The van der Waals surface area contributed by atoms with Gasteiger partial charge >= 0.3 is 12.1 Å². The molecule has 10 heteroatoms. The lowest BCUT2D eigenvalue weighted by Crippen LogP contribution is -2.52. The van der Waals surface area contributed by atoms with Gasteiger partial charge in [0.2, 0.25) is 5.60 Å². The second-order valence-electron chi connectivity index (χ2n) is 5.12. The van der Waals surface area contributed by atoms with Crippen LogP contribution >= 0.6 is 0 Å². The summed E-state index contributed by atoms with van der Waals surface area (Å²) in [6.45, 7) is 1.14. The highest BCUT2D eigenvalue weighted by Crippen LogP contribution is 2.31. The molecule has 0 heterocycles. The molecule has 0 aliphatic carbocycles. The van der Waals surface area contributed by atoms with Crippen LogP contribution in [0.5, 0.6) is 0 Å². The van der Waals surface area contributed by atoms with Crippen molar-refractivity contribution in [1.29, 1.82) is 0 Å². The highest BCUT2D eigenvalue weighted by atomic mass is 19.4. The van der Waals surface area contributed by atoms with Crippen LogP contribution in [0, 0.1) is 5.82 Å². The second-order valence-corrected chi connectivity index (χ2v) is 5.12. The van der Waals surface area contributed by atoms with Crippen molar-refractivity contribution in [2.75, 3.05) is 11.9 Å². The predicted octanol–water partition coefficient (Wildman–Crippen LogP) is 1.62. The van der Waals surface area contributed by atoms with Gasteiger partial charge in [0.25, 0.3) is 5.91 Å². The van der Waals surface area contributed by atoms with Gasteiger partial charge in [-0.05, 0) is 32.0 Å². The maximum atomic E-state index is 13.8. The van der Waals surface area contributed by atoms with E-state index in [1.165, 1.54) is 6.92 Å². The van der Waals surface area contributed by atoms with Crippen LogP contribution in [0.25, 0.3) is 0 Å². The molecule has 1 amide bonds. The Morgan fingerprint density at radius 3 is 2.38 bits per heavy atom. The van der Waals surface area contributed by atoms with Crippen molar-refractivity contribution in [1.82, 2.24) is 0 Å². The average Bonchev–Trinajstić information content (AvgIpc) is 2.45. The molecule has 6 nitrogen and oxygen atoms in total. The standard InChI is InChI=1S/C14H15F4NO5/c1-7(6-20)24-11(21)9-4-3-8(5-10(9)15)19-12(22)13(2,23)14(16,17)18/h3-5,7,20,23H,6H2,1-2H3,(H,19,22). The van der Waals surface area contributed by atoms with Crippen molar-refractivity contribution in [3.05, 3.63) is 29.6 Å².